The molecule has 0 aliphatic carbocycles. The van der Waals surface area contributed by atoms with Gasteiger partial charge in [-0.15, -0.1) is 0 Å². The fraction of sp³-hybridized carbons (Fsp3) is 0.154. The molecule has 0 unspecified atom stereocenters. The molecule has 1 aromatic carbocycles. The van der Waals surface area contributed by atoms with Crippen molar-refractivity contribution < 1.29 is 17.9 Å². The number of para-hydroxylation sites is 2. The van der Waals surface area contributed by atoms with Gasteiger partial charge in [0.05, 0.1) is 12.2 Å². The fourth-order valence-electron chi connectivity index (χ4n) is 1.53. The van der Waals surface area contributed by atoms with Crippen molar-refractivity contribution in [1.82, 2.24) is 0 Å². The first-order valence-electron chi connectivity index (χ1n) is 5.45. The monoisotopic (exact) mass is 264 g/mol. The molecule has 6 heteroatoms. The highest BCUT2D eigenvalue weighted by Gasteiger charge is 2.09. The topological polar surface area (TPSA) is 58.2 Å². The van der Waals surface area contributed by atoms with E-state index in [9.17, 15) is 8.78 Å². The van der Waals surface area contributed by atoms with E-state index in [4.69, 9.17) is 9.68 Å². The molecule has 0 radical (unpaired) electrons. The lowest BCUT2D eigenvalue weighted by Gasteiger charge is -2.11. The van der Waals surface area contributed by atoms with Crippen molar-refractivity contribution >= 4 is 5.69 Å². The first kappa shape index (κ1) is 12.9. The van der Waals surface area contributed by atoms with E-state index in [-0.39, 0.29) is 18.1 Å². The summed E-state index contributed by atoms with van der Waals surface area (Å²) in [4.78, 5) is 0. The van der Waals surface area contributed by atoms with E-state index in [0.717, 1.165) is 0 Å². The zero-order valence-electron chi connectivity index (χ0n) is 9.77. The summed E-state index contributed by atoms with van der Waals surface area (Å²) in [6.45, 7) is -2.61. The van der Waals surface area contributed by atoms with Crippen molar-refractivity contribution in [2.45, 2.75) is 13.2 Å². The Morgan fingerprint density at radius 2 is 2.05 bits per heavy atom. The van der Waals surface area contributed by atoms with Crippen LogP contribution in [0.15, 0.2) is 40.8 Å². The number of nitrogens with zero attached hydrogens (tertiary/aromatic N) is 1. The Bertz CT molecular complexity index is 590. The zero-order chi connectivity index (χ0) is 13.7. The average Bonchev–Trinajstić information content (AvgIpc) is 2.85. The molecule has 1 N–H and O–H groups in total. The largest absolute Gasteiger partial charge is 0.449 e. The summed E-state index contributed by atoms with van der Waals surface area (Å²) in [5.41, 5.74) is 0.428. The third-order valence-electron chi connectivity index (χ3n) is 2.33. The number of benzene rings is 1. The molecule has 0 aliphatic heterocycles. The Morgan fingerprint density at radius 3 is 2.74 bits per heavy atom. The molecule has 2 aromatic rings. The SMILES string of the molecule is N#Cc1ccc(CNc2ccccc2OC(F)F)o1. The molecule has 1 aromatic heterocycles. The summed E-state index contributed by atoms with van der Waals surface area (Å²) in [5.74, 6) is 0.793. The van der Waals surface area contributed by atoms with E-state index in [2.05, 4.69) is 10.1 Å². The Labute approximate surface area is 108 Å². The van der Waals surface area contributed by atoms with Gasteiger partial charge in [-0.05, 0) is 24.3 Å². The molecule has 0 saturated heterocycles. The van der Waals surface area contributed by atoms with Crippen LogP contribution in [0.5, 0.6) is 5.75 Å². The third kappa shape index (κ3) is 3.45. The van der Waals surface area contributed by atoms with E-state index < -0.39 is 6.61 Å². The fourth-order valence-corrected chi connectivity index (χ4v) is 1.53. The van der Waals surface area contributed by atoms with Crippen LogP contribution in [0.2, 0.25) is 0 Å². The molecule has 0 saturated carbocycles. The molecule has 1 heterocycles. The molecule has 4 nitrogen and oxygen atoms in total. The maximum Gasteiger partial charge on any atom is 0.387 e. The van der Waals surface area contributed by atoms with Crippen LogP contribution in [0, 0.1) is 11.3 Å². The van der Waals surface area contributed by atoms with Gasteiger partial charge in [-0.2, -0.15) is 14.0 Å². The quantitative estimate of drug-likeness (QED) is 0.899. The highest BCUT2D eigenvalue weighted by atomic mass is 19.3. The Kier molecular flexibility index (Phi) is 3.98. The van der Waals surface area contributed by atoms with Gasteiger partial charge in [-0.3, -0.25) is 0 Å². The molecule has 0 aliphatic rings. The first-order valence-corrected chi connectivity index (χ1v) is 5.45. The molecule has 19 heavy (non-hydrogen) atoms. The predicted molar refractivity (Wildman–Crippen MR) is 63.8 cm³/mol. The molecular formula is C13H10F2N2O2. The number of anilines is 1. The second-order valence-electron chi connectivity index (χ2n) is 3.61. The molecule has 2 rings (SSSR count). The van der Waals surface area contributed by atoms with E-state index in [1.165, 1.54) is 6.07 Å². The number of alkyl halides is 2. The number of halogens is 2. The van der Waals surface area contributed by atoms with Gasteiger partial charge in [0.15, 0.2) is 0 Å². The molecule has 0 atom stereocenters. The lowest BCUT2D eigenvalue weighted by Crippen LogP contribution is -2.06. The van der Waals surface area contributed by atoms with Gasteiger partial charge in [0.1, 0.15) is 17.6 Å². The Balaban J connectivity index is 2.05. The van der Waals surface area contributed by atoms with Crippen molar-refractivity contribution in [2.24, 2.45) is 0 Å². The first-order chi connectivity index (χ1) is 9.19. The maximum absolute atomic E-state index is 12.2. The van der Waals surface area contributed by atoms with Crippen LogP contribution in [-0.2, 0) is 6.54 Å². The number of ether oxygens (including phenoxy) is 1. The van der Waals surface area contributed by atoms with Crippen LogP contribution in [0.1, 0.15) is 11.5 Å². The number of furan rings is 1. The van der Waals surface area contributed by atoms with Crippen molar-refractivity contribution in [3.8, 4) is 11.8 Å². The number of nitriles is 1. The molecule has 98 valence electrons. The Hall–Kier alpha value is -2.55. The number of rotatable bonds is 5. The standard InChI is InChI=1S/C13H10F2N2O2/c14-13(15)19-12-4-2-1-3-11(12)17-8-10-6-5-9(7-16)18-10/h1-6,13,17H,8H2. The summed E-state index contributed by atoms with van der Waals surface area (Å²) < 4.78 is 34.0. The second kappa shape index (κ2) is 5.87. The number of hydrogen-bond donors (Lipinski definition) is 1. The van der Waals surface area contributed by atoms with E-state index in [1.54, 1.807) is 30.3 Å². The summed E-state index contributed by atoms with van der Waals surface area (Å²) in [7, 11) is 0. The lowest BCUT2D eigenvalue weighted by atomic mass is 10.3. The highest BCUT2D eigenvalue weighted by Crippen LogP contribution is 2.26. The normalized spacial score (nSPS) is 10.2. The van der Waals surface area contributed by atoms with Crippen LogP contribution in [-0.4, -0.2) is 6.61 Å². The molecular weight excluding hydrogens is 254 g/mol. The molecule has 0 amide bonds. The van der Waals surface area contributed by atoms with Gasteiger partial charge in [0.25, 0.3) is 0 Å². The van der Waals surface area contributed by atoms with Crippen LogP contribution in [0.3, 0.4) is 0 Å². The molecule has 0 bridgehead atoms. The maximum atomic E-state index is 12.2. The minimum Gasteiger partial charge on any atom is -0.449 e. The van der Waals surface area contributed by atoms with Crippen molar-refractivity contribution in [2.75, 3.05) is 5.32 Å². The van der Waals surface area contributed by atoms with E-state index in [0.29, 0.717) is 11.4 Å². The molecule has 0 spiro atoms. The summed E-state index contributed by atoms with van der Waals surface area (Å²) in [6.07, 6.45) is 0. The summed E-state index contributed by atoms with van der Waals surface area (Å²) in [6, 6.07) is 11.4. The van der Waals surface area contributed by atoms with E-state index in [1.807, 2.05) is 6.07 Å². The average molecular weight is 264 g/mol. The Morgan fingerprint density at radius 1 is 1.26 bits per heavy atom. The van der Waals surface area contributed by atoms with Gasteiger partial charge >= 0.3 is 6.61 Å². The van der Waals surface area contributed by atoms with Crippen molar-refractivity contribution in [3.05, 3.63) is 47.9 Å². The summed E-state index contributed by atoms with van der Waals surface area (Å²) >= 11 is 0. The van der Waals surface area contributed by atoms with Crippen molar-refractivity contribution in [1.29, 1.82) is 5.26 Å². The zero-order valence-corrected chi connectivity index (χ0v) is 9.77. The predicted octanol–water partition coefficient (Wildman–Crippen LogP) is 3.36. The van der Waals surface area contributed by atoms with Crippen molar-refractivity contribution in [3.63, 3.8) is 0 Å². The van der Waals surface area contributed by atoms with Gasteiger partial charge in [-0.1, -0.05) is 12.1 Å². The van der Waals surface area contributed by atoms with Crippen LogP contribution < -0.4 is 10.1 Å². The van der Waals surface area contributed by atoms with E-state index >= 15 is 0 Å². The smallest absolute Gasteiger partial charge is 0.387 e. The van der Waals surface area contributed by atoms with Gasteiger partial charge < -0.3 is 14.5 Å². The highest BCUT2D eigenvalue weighted by molar-refractivity contribution is 5.56. The second-order valence-corrected chi connectivity index (χ2v) is 3.61. The lowest BCUT2D eigenvalue weighted by molar-refractivity contribution is -0.0493. The minimum atomic E-state index is -2.88. The third-order valence-corrected chi connectivity index (χ3v) is 2.33. The van der Waals surface area contributed by atoms with Crippen LogP contribution >= 0.6 is 0 Å². The summed E-state index contributed by atoms with van der Waals surface area (Å²) in [5, 5.41) is 11.5. The van der Waals surface area contributed by atoms with Crippen LogP contribution in [0.25, 0.3) is 0 Å². The van der Waals surface area contributed by atoms with Gasteiger partial charge in [-0.25, -0.2) is 0 Å². The number of nitrogens with one attached hydrogen (secondary N) is 1. The number of hydrogen-bond acceptors (Lipinski definition) is 4. The van der Waals surface area contributed by atoms with Crippen LogP contribution in [0.4, 0.5) is 14.5 Å². The molecule has 0 fully saturated rings. The van der Waals surface area contributed by atoms with Gasteiger partial charge in [0.2, 0.25) is 5.76 Å². The van der Waals surface area contributed by atoms with Gasteiger partial charge in [0, 0.05) is 0 Å². The minimum absolute atomic E-state index is 0.0598.